The number of nitrogens with zero attached hydrogens (tertiary/aromatic N) is 1. The number of hydrogen-bond donors (Lipinski definition) is 0. The molecule has 1 atom stereocenters. The SMILES string of the molecule is CC1Oc2ccccc2N(C2CCCCCC2)C1=O. The van der Waals surface area contributed by atoms with Gasteiger partial charge in [0.15, 0.2) is 6.10 Å². The minimum Gasteiger partial charge on any atom is -0.479 e. The summed E-state index contributed by atoms with van der Waals surface area (Å²) >= 11 is 0. The monoisotopic (exact) mass is 259 g/mol. The van der Waals surface area contributed by atoms with Crippen molar-refractivity contribution in [3.63, 3.8) is 0 Å². The summed E-state index contributed by atoms with van der Waals surface area (Å²) in [5.41, 5.74) is 0.956. The van der Waals surface area contributed by atoms with Gasteiger partial charge in [-0.05, 0) is 31.9 Å². The van der Waals surface area contributed by atoms with E-state index >= 15 is 0 Å². The maximum Gasteiger partial charge on any atom is 0.268 e. The van der Waals surface area contributed by atoms with Crippen molar-refractivity contribution in [3.8, 4) is 5.75 Å². The number of carbonyl (C=O) groups is 1. The standard InChI is InChI=1S/C16H21NO2/c1-12-16(18)17(13-8-4-2-3-5-9-13)14-10-6-7-11-15(14)19-12/h6-7,10-13H,2-5,8-9H2,1H3. The molecule has 0 spiro atoms. The van der Waals surface area contributed by atoms with E-state index in [1.165, 1.54) is 25.7 Å². The largest absolute Gasteiger partial charge is 0.479 e. The van der Waals surface area contributed by atoms with Crippen LogP contribution in [0.5, 0.6) is 5.75 Å². The topological polar surface area (TPSA) is 29.5 Å². The zero-order valence-electron chi connectivity index (χ0n) is 11.5. The summed E-state index contributed by atoms with van der Waals surface area (Å²) in [6.07, 6.45) is 6.92. The number of anilines is 1. The number of carbonyl (C=O) groups excluding carboxylic acids is 1. The number of benzene rings is 1. The Morgan fingerprint density at radius 3 is 2.53 bits per heavy atom. The second-order valence-corrected chi connectivity index (χ2v) is 5.58. The maximum absolute atomic E-state index is 12.5. The molecule has 1 saturated carbocycles. The van der Waals surface area contributed by atoms with Gasteiger partial charge in [-0.2, -0.15) is 0 Å². The molecule has 0 aromatic heterocycles. The first-order chi connectivity index (χ1) is 9.27. The van der Waals surface area contributed by atoms with Crippen molar-refractivity contribution < 1.29 is 9.53 Å². The van der Waals surface area contributed by atoms with E-state index < -0.39 is 0 Å². The Labute approximate surface area is 114 Å². The van der Waals surface area contributed by atoms with Crippen LogP contribution in [0.2, 0.25) is 0 Å². The molecule has 1 heterocycles. The second-order valence-electron chi connectivity index (χ2n) is 5.58. The lowest BCUT2D eigenvalue weighted by Crippen LogP contribution is -2.49. The predicted molar refractivity (Wildman–Crippen MR) is 75.5 cm³/mol. The lowest BCUT2D eigenvalue weighted by atomic mass is 10.0. The molecule has 0 saturated heterocycles. The Balaban J connectivity index is 1.95. The Hall–Kier alpha value is -1.51. The molecule has 1 aliphatic carbocycles. The smallest absolute Gasteiger partial charge is 0.268 e. The number of rotatable bonds is 1. The Kier molecular flexibility index (Phi) is 3.45. The maximum atomic E-state index is 12.5. The van der Waals surface area contributed by atoms with Gasteiger partial charge in [0, 0.05) is 6.04 Å². The summed E-state index contributed by atoms with van der Waals surface area (Å²) in [6.45, 7) is 1.85. The van der Waals surface area contributed by atoms with Crippen LogP contribution in [0.1, 0.15) is 45.4 Å². The fourth-order valence-corrected chi connectivity index (χ4v) is 3.20. The third-order valence-corrected chi connectivity index (χ3v) is 4.20. The predicted octanol–water partition coefficient (Wildman–Crippen LogP) is 3.52. The van der Waals surface area contributed by atoms with Crippen molar-refractivity contribution in [2.75, 3.05) is 4.90 Å². The molecule has 19 heavy (non-hydrogen) atoms. The molecule has 2 aliphatic rings. The van der Waals surface area contributed by atoms with Gasteiger partial charge in [0.1, 0.15) is 5.75 Å². The second kappa shape index (κ2) is 5.24. The van der Waals surface area contributed by atoms with Crippen LogP contribution in [0.3, 0.4) is 0 Å². The van der Waals surface area contributed by atoms with Gasteiger partial charge in [-0.25, -0.2) is 0 Å². The number of amides is 1. The summed E-state index contributed by atoms with van der Waals surface area (Å²) < 4.78 is 5.71. The molecule has 1 aromatic carbocycles. The van der Waals surface area contributed by atoms with Crippen LogP contribution < -0.4 is 9.64 Å². The third-order valence-electron chi connectivity index (χ3n) is 4.20. The quantitative estimate of drug-likeness (QED) is 0.722. The van der Waals surface area contributed by atoms with E-state index in [1.807, 2.05) is 36.1 Å². The van der Waals surface area contributed by atoms with E-state index in [9.17, 15) is 4.79 Å². The fourth-order valence-electron chi connectivity index (χ4n) is 3.20. The molecule has 1 aliphatic heterocycles. The first kappa shape index (κ1) is 12.5. The van der Waals surface area contributed by atoms with Crippen molar-refractivity contribution in [2.45, 2.75) is 57.6 Å². The van der Waals surface area contributed by atoms with Gasteiger partial charge in [0.05, 0.1) is 5.69 Å². The van der Waals surface area contributed by atoms with Crippen molar-refractivity contribution in [2.24, 2.45) is 0 Å². The third kappa shape index (κ3) is 2.34. The van der Waals surface area contributed by atoms with Crippen LogP contribution in [-0.2, 0) is 4.79 Å². The van der Waals surface area contributed by atoms with Crippen LogP contribution in [0.4, 0.5) is 5.69 Å². The molecule has 1 unspecified atom stereocenters. The summed E-state index contributed by atoms with van der Waals surface area (Å²) in [5.74, 6) is 0.962. The van der Waals surface area contributed by atoms with Crippen LogP contribution in [0.15, 0.2) is 24.3 Å². The van der Waals surface area contributed by atoms with Crippen molar-refractivity contribution in [1.82, 2.24) is 0 Å². The number of ether oxygens (including phenoxy) is 1. The normalized spacial score (nSPS) is 24.6. The highest BCUT2D eigenvalue weighted by Crippen LogP contribution is 2.37. The van der Waals surface area contributed by atoms with E-state index in [0.29, 0.717) is 6.04 Å². The van der Waals surface area contributed by atoms with Crippen molar-refractivity contribution >= 4 is 11.6 Å². The molecule has 0 N–H and O–H groups in total. The zero-order valence-corrected chi connectivity index (χ0v) is 11.5. The Morgan fingerprint density at radius 2 is 1.79 bits per heavy atom. The van der Waals surface area contributed by atoms with Gasteiger partial charge < -0.3 is 9.64 Å². The molecule has 3 nitrogen and oxygen atoms in total. The Morgan fingerprint density at radius 1 is 1.11 bits per heavy atom. The lowest BCUT2D eigenvalue weighted by Gasteiger charge is -2.38. The molecular weight excluding hydrogens is 238 g/mol. The average molecular weight is 259 g/mol. The van der Waals surface area contributed by atoms with Crippen LogP contribution in [0.25, 0.3) is 0 Å². The highest BCUT2D eigenvalue weighted by molar-refractivity contribution is 6.00. The van der Waals surface area contributed by atoms with Gasteiger partial charge in [-0.1, -0.05) is 37.8 Å². The summed E-state index contributed by atoms with van der Waals surface area (Å²) in [6, 6.07) is 8.26. The summed E-state index contributed by atoms with van der Waals surface area (Å²) in [4.78, 5) is 14.5. The van der Waals surface area contributed by atoms with Crippen LogP contribution in [0, 0.1) is 0 Å². The fraction of sp³-hybridized carbons (Fsp3) is 0.562. The molecule has 102 valence electrons. The van der Waals surface area contributed by atoms with E-state index in [-0.39, 0.29) is 12.0 Å². The molecule has 1 aromatic rings. The zero-order chi connectivity index (χ0) is 13.2. The number of hydrogen-bond acceptors (Lipinski definition) is 2. The van der Waals surface area contributed by atoms with E-state index in [1.54, 1.807) is 0 Å². The minimum atomic E-state index is -0.363. The van der Waals surface area contributed by atoms with Gasteiger partial charge >= 0.3 is 0 Å². The van der Waals surface area contributed by atoms with Crippen LogP contribution in [-0.4, -0.2) is 18.1 Å². The molecular formula is C16H21NO2. The molecule has 0 radical (unpaired) electrons. The molecule has 0 bridgehead atoms. The minimum absolute atomic E-state index is 0.116. The molecule has 1 amide bonds. The molecule has 3 heteroatoms. The summed E-state index contributed by atoms with van der Waals surface area (Å²) in [7, 11) is 0. The Bertz CT molecular complexity index is 464. The summed E-state index contributed by atoms with van der Waals surface area (Å²) in [5, 5.41) is 0. The van der Waals surface area contributed by atoms with E-state index in [0.717, 1.165) is 24.3 Å². The molecule has 1 fully saturated rings. The van der Waals surface area contributed by atoms with E-state index in [4.69, 9.17) is 4.74 Å². The number of para-hydroxylation sites is 2. The van der Waals surface area contributed by atoms with E-state index in [2.05, 4.69) is 0 Å². The van der Waals surface area contributed by atoms with Crippen molar-refractivity contribution in [1.29, 1.82) is 0 Å². The first-order valence-corrected chi connectivity index (χ1v) is 7.36. The highest BCUT2D eigenvalue weighted by atomic mass is 16.5. The van der Waals surface area contributed by atoms with Gasteiger partial charge in [-0.3, -0.25) is 4.79 Å². The average Bonchev–Trinajstić information content (AvgIpc) is 2.69. The highest BCUT2D eigenvalue weighted by Gasteiger charge is 2.35. The lowest BCUT2D eigenvalue weighted by molar-refractivity contribution is -0.126. The van der Waals surface area contributed by atoms with Crippen LogP contribution >= 0.6 is 0 Å². The van der Waals surface area contributed by atoms with Gasteiger partial charge in [-0.15, -0.1) is 0 Å². The molecule has 3 rings (SSSR count). The van der Waals surface area contributed by atoms with Crippen molar-refractivity contribution in [3.05, 3.63) is 24.3 Å². The number of fused-ring (bicyclic) bond motifs is 1. The first-order valence-electron chi connectivity index (χ1n) is 7.36. The van der Waals surface area contributed by atoms with Gasteiger partial charge in [0.25, 0.3) is 5.91 Å². The van der Waals surface area contributed by atoms with Gasteiger partial charge in [0.2, 0.25) is 0 Å².